The minimum absolute atomic E-state index is 0.00629. The summed E-state index contributed by atoms with van der Waals surface area (Å²) in [5.74, 6) is 0.113. The number of imidazole rings is 1. The first-order valence-electron chi connectivity index (χ1n) is 9.31. The number of rotatable bonds is 6. The molecule has 14 heteroatoms. The minimum Gasteiger partial charge on any atom is -0.481 e. The summed E-state index contributed by atoms with van der Waals surface area (Å²) in [4.78, 5) is 7.73. The van der Waals surface area contributed by atoms with Gasteiger partial charge in [0.1, 0.15) is 17.8 Å². The van der Waals surface area contributed by atoms with Crippen LogP contribution in [0.4, 0.5) is 22.0 Å². The Balaban J connectivity index is 1.71. The van der Waals surface area contributed by atoms with Crippen LogP contribution < -0.4 is 10.4 Å². The van der Waals surface area contributed by atoms with E-state index in [1.165, 1.54) is 16.4 Å². The molecule has 0 saturated carbocycles. The van der Waals surface area contributed by atoms with Crippen LogP contribution in [-0.4, -0.2) is 42.2 Å². The fraction of sp³-hybridized carbons (Fsp3) is 0.263. The van der Waals surface area contributed by atoms with Crippen LogP contribution in [0.3, 0.4) is 0 Å². The SMILES string of the molecule is COc1cc(C(F)F)nn1-c1ccc(Cn2c(=N)n(CC(F)(F)F)c3cnc(Cl)nc32)cc1. The Morgan fingerprint density at radius 3 is 2.45 bits per heavy atom. The highest BCUT2D eigenvalue weighted by Crippen LogP contribution is 2.26. The van der Waals surface area contributed by atoms with Crippen LogP contribution in [-0.2, 0) is 13.1 Å². The molecule has 8 nitrogen and oxygen atoms in total. The number of nitrogens with zero attached hydrogens (tertiary/aromatic N) is 6. The van der Waals surface area contributed by atoms with Crippen molar-refractivity contribution in [3.63, 3.8) is 0 Å². The van der Waals surface area contributed by atoms with Gasteiger partial charge in [0.2, 0.25) is 16.8 Å². The van der Waals surface area contributed by atoms with E-state index in [1.807, 2.05) is 0 Å². The molecule has 3 aromatic heterocycles. The summed E-state index contributed by atoms with van der Waals surface area (Å²) in [5, 5.41) is 11.9. The zero-order chi connectivity index (χ0) is 23.9. The standard InChI is InChI=1S/C19H15ClF5N7O/c1-33-14-6-12(15(21)22)29-32(14)11-4-2-10(3-5-11)8-30-16-13(7-27-17(20)28-16)31(18(30)26)9-19(23,24)25/h2-7,15,26H,8-9H2,1H3. The second-order valence-corrected chi connectivity index (χ2v) is 7.29. The zero-order valence-electron chi connectivity index (χ0n) is 16.8. The van der Waals surface area contributed by atoms with Crippen LogP contribution in [0.1, 0.15) is 17.7 Å². The second-order valence-electron chi connectivity index (χ2n) is 6.95. The number of fused-ring (bicyclic) bond motifs is 1. The molecule has 0 spiro atoms. The highest BCUT2D eigenvalue weighted by molar-refractivity contribution is 6.28. The van der Waals surface area contributed by atoms with Gasteiger partial charge in [0.15, 0.2) is 5.65 Å². The summed E-state index contributed by atoms with van der Waals surface area (Å²) in [5.41, 5.74) is 0.252. The largest absolute Gasteiger partial charge is 0.481 e. The molecule has 4 aromatic rings. The first-order chi connectivity index (χ1) is 15.6. The van der Waals surface area contributed by atoms with Crippen LogP contribution >= 0.6 is 11.6 Å². The first kappa shape index (κ1) is 22.7. The molecule has 0 aliphatic rings. The van der Waals surface area contributed by atoms with E-state index in [0.717, 1.165) is 16.8 Å². The minimum atomic E-state index is -4.55. The Labute approximate surface area is 187 Å². The fourth-order valence-corrected chi connectivity index (χ4v) is 3.46. The highest BCUT2D eigenvalue weighted by Gasteiger charge is 2.30. The molecule has 174 valence electrons. The third-order valence-corrected chi connectivity index (χ3v) is 4.95. The van der Waals surface area contributed by atoms with Crippen molar-refractivity contribution in [1.82, 2.24) is 28.9 Å². The van der Waals surface area contributed by atoms with E-state index in [4.69, 9.17) is 21.7 Å². The van der Waals surface area contributed by atoms with Crippen molar-refractivity contribution in [2.45, 2.75) is 25.7 Å². The first-order valence-corrected chi connectivity index (χ1v) is 9.69. The van der Waals surface area contributed by atoms with Gasteiger partial charge in [0, 0.05) is 6.07 Å². The van der Waals surface area contributed by atoms with Crippen molar-refractivity contribution < 1.29 is 26.7 Å². The van der Waals surface area contributed by atoms with Crippen LogP contribution in [0.15, 0.2) is 36.5 Å². The van der Waals surface area contributed by atoms with Gasteiger partial charge < -0.3 is 4.74 Å². The van der Waals surface area contributed by atoms with Crippen molar-refractivity contribution in [1.29, 1.82) is 5.41 Å². The van der Waals surface area contributed by atoms with E-state index in [0.29, 0.717) is 11.3 Å². The van der Waals surface area contributed by atoms with E-state index in [1.54, 1.807) is 24.3 Å². The number of hydrogen-bond acceptors (Lipinski definition) is 5. The lowest BCUT2D eigenvalue weighted by Crippen LogP contribution is -2.30. The molecule has 0 radical (unpaired) electrons. The predicted molar refractivity (Wildman–Crippen MR) is 107 cm³/mol. The Bertz CT molecular complexity index is 1360. The summed E-state index contributed by atoms with van der Waals surface area (Å²) >= 11 is 5.83. The van der Waals surface area contributed by atoms with Crippen LogP contribution in [0.2, 0.25) is 5.28 Å². The number of hydrogen-bond donors (Lipinski definition) is 1. The van der Waals surface area contributed by atoms with Crippen molar-refractivity contribution >= 4 is 22.8 Å². The van der Waals surface area contributed by atoms with Crippen LogP contribution in [0.5, 0.6) is 5.88 Å². The molecule has 0 atom stereocenters. The van der Waals surface area contributed by atoms with Crippen molar-refractivity contribution in [3.05, 3.63) is 58.7 Å². The maximum Gasteiger partial charge on any atom is 0.406 e. The Kier molecular flexibility index (Phi) is 5.82. The molecule has 0 aliphatic carbocycles. The third-order valence-electron chi connectivity index (χ3n) is 4.77. The molecule has 0 aliphatic heterocycles. The smallest absolute Gasteiger partial charge is 0.406 e. The molecule has 3 heterocycles. The number of benzene rings is 1. The summed E-state index contributed by atoms with van der Waals surface area (Å²) in [7, 11) is 1.33. The van der Waals surface area contributed by atoms with E-state index < -0.39 is 30.5 Å². The lowest BCUT2D eigenvalue weighted by molar-refractivity contribution is -0.140. The quantitative estimate of drug-likeness (QED) is 0.327. The molecular weight excluding hydrogens is 473 g/mol. The summed E-state index contributed by atoms with van der Waals surface area (Å²) in [6.07, 6.45) is -6.19. The highest BCUT2D eigenvalue weighted by atomic mass is 35.5. The lowest BCUT2D eigenvalue weighted by Gasteiger charge is -2.09. The van der Waals surface area contributed by atoms with Crippen molar-refractivity contribution in [2.75, 3.05) is 7.11 Å². The van der Waals surface area contributed by atoms with Gasteiger partial charge in [0.05, 0.1) is 25.5 Å². The molecule has 1 N–H and O–H groups in total. The van der Waals surface area contributed by atoms with Gasteiger partial charge in [-0.2, -0.15) is 23.3 Å². The van der Waals surface area contributed by atoms with Crippen LogP contribution in [0, 0.1) is 5.41 Å². The van der Waals surface area contributed by atoms with Crippen LogP contribution in [0.25, 0.3) is 16.9 Å². The van der Waals surface area contributed by atoms with Gasteiger partial charge in [-0.3, -0.25) is 14.5 Å². The topological polar surface area (TPSA) is 86.5 Å². The van der Waals surface area contributed by atoms with Gasteiger partial charge in [-0.1, -0.05) is 12.1 Å². The number of ether oxygens (including phenoxy) is 1. The van der Waals surface area contributed by atoms with Gasteiger partial charge >= 0.3 is 6.18 Å². The van der Waals surface area contributed by atoms with Gasteiger partial charge in [-0.25, -0.2) is 18.4 Å². The number of aromatic nitrogens is 6. The number of methoxy groups -OCH3 is 1. The van der Waals surface area contributed by atoms with Gasteiger partial charge in [-0.15, -0.1) is 0 Å². The van der Waals surface area contributed by atoms with Gasteiger partial charge in [0.25, 0.3) is 6.43 Å². The molecule has 4 rings (SSSR count). The normalized spacial score (nSPS) is 12.1. The average Bonchev–Trinajstić information content (AvgIpc) is 3.29. The summed E-state index contributed by atoms with van der Waals surface area (Å²) in [6.45, 7) is -1.38. The summed E-state index contributed by atoms with van der Waals surface area (Å²) in [6, 6.07) is 7.55. The molecule has 0 fully saturated rings. The Morgan fingerprint density at radius 1 is 1.15 bits per heavy atom. The lowest BCUT2D eigenvalue weighted by atomic mass is 10.2. The number of alkyl halides is 5. The molecule has 0 bridgehead atoms. The van der Waals surface area contributed by atoms with E-state index in [2.05, 4.69) is 15.1 Å². The monoisotopic (exact) mass is 487 g/mol. The molecule has 33 heavy (non-hydrogen) atoms. The number of halogens is 6. The summed E-state index contributed by atoms with van der Waals surface area (Å²) < 4.78 is 73.4. The molecule has 1 aromatic carbocycles. The zero-order valence-corrected chi connectivity index (χ0v) is 17.6. The van der Waals surface area contributed by atoms with E-state index in [-0.39, 0.29) is 28.9 Å². The predicted octanol–water partition coefficient (Wildman–Crippen LogP) is 4.11. The van der Waals surface area contributed by atoms with Crippen molar-refractivity contribution in [2.24, 2.45) is 0 Å². The number of nitrogens with one attached hydrogen (secondary N) is 1. The third kappa shape index (κ3) is 4.53. The van der Waals surface area contributed by atoms with E-state index in [9.17, 15) is 22.0 Å². The molecule has 0 unspecified atom stereocenters. The average molecular weight is 488 g/mol. The Hall–Kier alpha value is -3.48. The Morgan fingerprint density at radius 2 is 1.85 bits per heavy atom. The van der Waals surface area contributed by atoms with E-state index >= 15 is 0 Å². The van der Waals surface area contributed by atoms with Crippen molar-refractivity contribution in [3.8, 4) is 11.6 Å². The molecule has 0 amide bonds. The maximum absolute atomic E-state index is 13.0. The molecular formula is C19H15ClF5N7O. The second kappa shape index (κ2) is 8.46. The fourth-order valence-electron chi connectivity index (χ4n) is 3.33. The maximum atomic E-state index is 13.0. The molecule has 0 saturated heterocycles. The van der Waals surface area contributed by atoms with Gasteiger partial charge in [-0.05, 0) is 29.3 Å².